The van der Waals surface area contributed by atoms with Crippen molar-refractivity contribution >= 4 is 11.3 Å². The highest BCUT2D eigenvalue weighted by Gasteiger charge is 2.54. The van der Waals surface area contributed by atoms with Gasteiger partial charge >= 0.3 is 0 Å². The fraction of sp³-hybridized carbons (Fsp3) is 0.750. The molecule has 19 heavy (non-hydrogen) atoms. The Morgan fingerprint density at radius 1 is 1.42 bits per heavy atom. The molecule has 3 heterocycles. The van der Waals surface area contributed by atoms with E-state index >= 15 is 0 Å². The number of rotatable bonds is 2. The van der Waals surface area contributed by atoms with E-state index in [4.69, 9.17) is 0 Å². The average Bonchev–Trinajstić information content (AvgIpc) is 2.89. The molecule has 2 nitrogen and oxygen atoms in total. The summed E-state index contributed by atoms with van der Waals surface area (Å²) >= 11 is 1.95. The Kier molecular flexibility index (Phi) is 2.98. The molecule has 0 aromatic carbocycles. The summed E-state index contributed by atoms with van der Waals surface area (Å²) in [6, 6.07) is 3.00. The van der Waals surface area contributed by atoms with E-state index in [2.05, 4.69) is 28.6 Å². The predicted octanol–water partition coefficient (Wildman–Crippen LogP) is 3.06. The van der Waals surface area contributed by atoms with Crippen LogP contribution in [-0.2, 0) is 6.42 Å². The molecule has 3 heteroatoms. The molecule has 1 aromatic rings. The molecule has 1 spiro atoms. The van der Waals surface area contributed by atoms with E-state index in [0.29, 0.717) is 6.04 Å². The first-order chi connectivity index (χ1) is 9.28. The van der Waals surface area contributed by atoms with Crippen LogP contribution in [-0.4, -0.2) is 31.1 Å². The molecule has 0 amide bonds. The second-order valence-corrected chi connectivity index (χ2v) is 7.73. The smallest absolute Gasteiger partial charge is 0.0331 e. The van der Waals surface area contributed by atoms with E-state index in [1.807, 2.05) is 11.3 Å². The van der Waals surface area contributed by atoms with Gasteiger partial charge in [0.1, 0.15) is 0 Å². The van der Waals surface area contributed by atoms with Crippen molar-refractivity contribution in [1.29, 1.82) is 0 Å². The first-order valence-electron chi connectivity index (χ1n) is 7.80. The molecule has 1 aromatic heterocycles. The molecule has 4 rings (SSSR count). The van der Waals surface area contributed by atoms with Gasteiger partial charge < -0.3 is 5.32 Å². The summed E-state index contributed by atoms with van der Waals surface area (Å²) in [5.74, 6) is 0.984. The first kappa shape index (κ1) is 12.4. The SMILES string of the molecule is CC1c2ccsc2CCN1CC1CC12CCNCC2. The van der Waals surface area contributed by atoms with Crippen LogP contribution in [0.15, 0.2) is 11.4 Å². The summed E-state index contributed by atoms with van der Waals surface area (Å²) < 4.78 is 0. The Bertz CT molecular complexity index is 461. The van der Waals surface area contributed by atoms with Crippen molar-refractivity contribution in [2.75, 3.05) is 26.2 Å². The summed E-state index contributed by atoms with van der Waals surface area (Å²) in [6.07, 6.45) is 5.61. The lowest BCUT2D eigenvalue weighted by Gasteiger charge is -2.35. The molecule has 1 aliphatic carbocycles. The van der Waals surface area contributed by atoms with Crippen molar-refractivity contribution < 1.29 is 0 Å². The van der Waals surface area contributed by atoms with E-state index in [-0.39, 0.29) is 0 Å². The molecule has 2 unspecified atom stereocenters. The number of nitrogens with one attached hydrogen (secondary N) is 1. The Labute approximate surface area is 120 Å². The molecule has 2 atom stereocenters. The van der Waals surface area contributed by atoms with Gasteiger partial charge in [-0.2, -0.15) is 0 Å². The number of nitrogens with zero attached hydrogens (tertiary/aromatic N) is 1. The lowest BCUT2D eigenvalue weighted by molar-refractivity contribution is 0.174. The van der Waals surface area contributed by atoms with Crippen LogP contribution < -0.4 is 5.32 Å². The van der Waals surface area contributed by atoms with Crippen LogP contribution >= 0.6 is 11.3 Å². The van der Waals surface area contributed by atoms with Gasteiger partial charge in [-0.1, -0.05) is 0 Å². The lowest BCUT2D eigenvalue weighted by atomic mass is 9.91. The van der Waals surface area contributed by atoms with E-state index in [0.717, 1.165) is 11.3 Å². The quantitative estimate of drug-likeness (QED) is 0.893. The van der Waals surface area contributed by atoms with Crippen molar-refractivity contribution in [3.05, 3.63) is 21.9 Å². The fourth-order valence-electron chi connectivity index (χ4n) is 4.32. The van der Waals surface area contributed by atoms with Crippen LogP contribution in [0.3, 0.4) is 0 Å². The number of hydrogen-bond acceptors (Lipinski definition) is 3. The minimum atomic E-state index is 0.648. The summed E-state index contributed by atoms with van der Waals surface area (Å²) in [5.41, 5.74) is 2.34. The van der Waals surface area contributed by atoms with Gasteiger partial charge in [0.2, 0.25) is 0 Å². The molecule has 3 aliphatic rings. The van der Waals surface area contributed by atoms with E-state index in [1.54, 1.807) is 10.4 Å². The van der Waals surface area contributed by atoms with Crippen LogP contribution in [0.4, 0.5) is 0 Å². The molecular weight excluding hydrogens is 252 g/mol. The summed E-state index contributed by atoms with van der Waals surface area (Å²) in [7, 11) is 0. The normalized spacial score (nSPS) is 33.3. The van der Waals surface area contributed by atoms with Gasteiger partial charge in [0.05, 0.1) is 0 Å². The third-order valence-electron chi connectivity index (χ3n) is 5.82. The van der Waals surface area contributed by atoms with Gasteiger partial charge in [0.25, 0.3) is 0 Å². The summed E-state index contributed by atoms with van der Waals surface area (Å²) in [4.78, 5) is 4.38. The molecular formula is C16H24N2S. The summed E-state index contributed by atoms with van der Waals surface area (Å²) in [6.45, 7) is 7.53. The number of thiophene rings is 1. The molecule has 0 radical (unpaired) electrons. The van der Waals surface area contributed by atoms with E-state index in [9.17, 15) is 0 Å². The average molecular weight is 276 g/mol. The number of fused-ring (bicyclic) bond motifs is 1. The zero-order valence-corrected chi connectivity index (χ0v) is 12.6. The lowest BCUT2D eigenvalue weighted by Crippen LogP contribution is -2.37. The molecule has 1 saturated carbocycles. The van der Waals surface area contributed by atoms with Crippen LogP contribution in [0.2, 0.25) is 0 Å². The third kappa shape index (κ3) is 2.07. The van der Waals surface area contributed by atoms with Crippen molar-refractivity contribution in [2.24, 2.45) is 11.3 Å². The van der Waals surface area contributed by atoms with Gasteiger partial charge in [0.15, 0.2) is 0 Å². The summed E-state index contributed by atoms with van der Waals surface area (Å²) in [5, 5.41) is 5.78. The third-order valence-corrected chi connectivity index (χ3v) is 6.81. The molecule has 2 aliphatic heterocycles. The Balaban J connectivity index is 1.42. The second kappa shape index (κ2) is 4.57. The highest BCUT2D eigenvalue weighted by molar-refractivity contribution is 7.10. The highest BCUT2D eigenvalue weighted by Crippen LogP contribution is 2.59. The van der Waals surface area contributed by atoms with E-state index < -0.39 is 0 Å². The van der Waals surface area contributed by atoms with Gasteiger partial charge in [-0.25, -0.2) is 0 Å². The Morgan fingerprint density at radius 2 is 2.26 bits per heavy atom. The molecule has 1 N–H and O–H groups in total. The zero-order valence-electron chi connectivity index (χ0n) is 11.8. The molecule has 0 bridgehead atoms. The maximum absolute atomic E-state index is 3.51. The molecule has 104 valence electrons. The standard InChI is InChI=1S/C16H24N2S/c1-12-14-3-9-19-15(14)2-8-18(12)11-13-10-16(13)4-6-17-7-5-16/h3,9,12-13,17H,2,4-8,10-11H2,1H3. The zero-order chi connectivity index (χ0) is 12.9. The first-order valence-corrected chi connectivity index (χ1v) is 8.67. The second-order valence-electron chi connectivity index (χ2n) is 6.73. The molecule has 2 fully saturated rings. The number of hydrogen-bond donors (Lipinski definition) is 1. The van der Waals surface area contributed by atoms with Gasteiger partial charge in [-0.15, -0.1) is 11.3 Å². The largest absolute Gasteiger partial charge is 0.317 e. The number of piperidine rings is 1. The van der Waals surface area contributed by atoms with Crippen LogP contribution in [0.25, 0.3) is 0 Å². The molecule has 1 saturated heterocycles. The van der Waals surface area contributed by atoms with Crippen molar-refractivity contribution in [3.63, 3.8) is 0 Å². The van der Waals surface area contributed by atoms with Crippen molar-refractivity contribution in [3.8, 4) is 0 Å². The van der Waals surface area contributed by atoms with Crippen LogP contribution in [0, 0.1) is 11.3 Å². The van der Waals surface area contributed by atoms with Crippen LogP contribution in [0.1, 0.15) is 42.7 Å². The van der Waals surface area contributed by atoms with Crippen LogP contribution in [0.5, 0.6) is 0 Å². The Hall–Kier alpha value is -0.380. The highest BCUT2D eigenvalue weighted by atomic mass is 32.1. The Morgan fingerprint density at radius 3 is 3.11 bits per heavy atom. The monoisotopic (exact) mass is 276 g/mol. The maximum Gasteiger partial charge on any atom is 0.0331 e. The minimum Gasteiger partial charge on any atom is -0.317 e. The van der Waals surface area contributed by atoms with Gasteiger partial charge in [-0.05, 0) is 74.0 Å². The fourth-order valence-corrected chi connectivity index (χ4v) is 5.28. The predicted molar refractivity (Wildman–Crippen MR) is 80.7 cm³/mol. The van der Waals surface area contributed by atoms with Crippen molar-refractivity contribution in [1.82, 2.24) is 10.2 Å². The minimum absolute atomic E-state index is 0.648. The van der Waals surface area contributed by atoms with Crippen molar-refractivity contribution in [2.45, 2.75) is 38.6 Å². The van der Waals surface area contributed by atoms with Gasteiger partial charge in [0, 0.05) is 24.0 Å². The van der Waals surface area contributed by atoms with Gasteiger partial charge in [-0.3, -0.25) is 4.90 Å². The maximum atomic E-state index is 3.51. The topological polar surface area (TPSA) is 15.3 Å². The van der Waals surface area contributed by atoms with E-state index in [1.165, 1.54) is 51.9 Å².